The lowest BCUT2D eigenvalue weighted by Crippen LogP contribution is -2.35. The van der Waals surface area contributed by atoms with Gasteiger partial charge in [-0.05, 0) is 48.9 Å². The van der Waals surface area contributed by atoms with Crippen molar-refractivity contribution in [2.24, 2.45) is 5.92 Å². The number of rotatable bonds is 8. The Morgan fingerprint density at radius 1 is 1.25 bits per heavy atom. The largest absolute Gasteiger partial charge is 0.340 e. The first-order valence-corrected chi connectivity index (χ1v) is 10.2. The van der Waals surface area contributed by atoms with Crippen LogP contribution in [0.3, 0.4) is 0 Å². The number of benzene rings is 1. The maximum atomic E-state index is 12.5. The number of nitrogens with zero attached hydrogens (tertiary/aromatic N) is 3. The topological polar surface area (TPSA) is 50.2 Å². The molecule has 1 aliphatic rings. The molecule has 28 heavy (non-hydrogen) atoms. The lowest BCUT2D eigenvalue weighted by Gasteiger charge is -2.17. The average molecular weight is 417 g/mol. The average Bonchev–Trinajstić information content (AvgIpc) is 3.18. The van der Waals surface area contributed by atoms with Gasteiger partial charge in [-0.15, -0.1) is 23.7 Å². The molecule has 5 nitrogen and oxygen atoms in total. The van der Waals surface area contributed by atoms with Crippen molar-refractivity contribution in [2.75, 3.05) is 20.1 Å². The molecule has 2 heterocycles. The molecule has 4 rings (SSSR count). The third kappa shape index (κ3) is 5.01. The molecular formula is C21H25ClN4OS. The second kappa shape index (κ2) is 9.37. The van der Waals surface area contributed by atoms with Crippen molar-refractivity contribution in [1.29, 1.82) is 0 Å². The predicted octanol–water partition coefficient (Wildman–Crippen LogP) is 3.98. The molecule has 0 atom stereocenters. The minimum Gasteiger partial charge on any atom is -0.340 e. The van der Waals surface area contributed by atoms with Crippen molar-refractivity contribution < 1.29 is 4.79 Å². The molecule has 1 aromatic carbocycles. The Morgan fingerprint density at radius 3 is 2.71 bits per heavy atom. The van der Waals surface area contributed by atoms with Gasteiger partial charge in [0.15, 0.2) is 0 Å². The van der Waals surface area contributed by atoms with Crippen LogP contribution in [0.25, 0.3) is 16.3 Å². The number of carbonyl (C=O) groups excluding carboxylic acids is 1. The summed E-state index contributed by atoms with van der Waals surface area (Å²) >= 11 is 1.67. The van der Waals surface area contributed by atoms with Crippen molar-refractivity contribution in [1.82, 2.24) is 20.0 Å². The summed E-state index contributed by atoms with van der Waals surface area (Å²) in [6.07, 6.45) is 4.62. The van der Waals surface area contributed by atoms with Gasteiger partial charge in [0.25, 0.3) is 0 Å². The molecule has 3 aromatic rings. The number of hydrogen-bond acceptors (Lipinski definition) is 4. The summed E-state index contributed by atoms with van der Waals surface area (Å²) in [6.45, 7) is 1.89. The quantitative estimate of drug-likeness (QED) is 0.604. The second-order valence-electron chi connectivity index (χ2n) is 7.08. The maximum Gasteiger partial charge on any atom is 0.236 e. The number of thiophene rings is 1. The van der Waals surface area contributed by atoms with E-state index in [1.165, 1.54) is 12.8 Å². The number of para-hydroxylation sites is 1. The molecule has 0 radical (unpaired) electrons. The third-order valence-corrected chi connectivity index (χ3v) is 5.68. The van der Waals surface area contributed by atoms with E-state index in [9.17, 15) is 4.79 Å². The van der Waals surface area contributed by atoms with Gasteiger partial charge in [0, 0.05) is 25.4 Å². The Bertz CT molecular complexity index is 891. The highest BCUT2D eigenvalue weighted by Gasteiger charge is 2.21. The summed E-state index contributed by atoms with van der Waals surface area (Å²) in [5.41, 5.74) is 3.01. The summed E-state index contributed by atoms with van der Waals surface area (Å²) < 4.78 is 1.90. The van der Waals surface area contributed by atoms with Crippen LogP contribution < -0.4 is 5.32 Å². The molecule has 1 fully saturated rings. The smallest absolute Gasteiger partial charge is 0.236 e. The van der Waals surface area contributed by atoms with Crippen LogP contribution in [-0.4, -0.2) is 40.7 Å². The Kier molecular flexibility index (Phi) is 6.88. The molecule has 0 bridgehead atoms. The van der Waals surface area contributed by atoms with E-state index in [-0.39, 0.29) is 18.3 Å². The van der Waals surface area contributed by atoms with Crippen LogP contribution >= 0.6 is 23.7 Å². The number of nitrogens with one attached hydrogen (secondary N) is 1. The minimum atomic E-state index is 0. The van der Waals surface area contributed by atoms with E-state index in [0.29, 0.717) is 13.1 Å². The van der Waals surface area contributed by atoms with Gasteiger partial charge in [-0.25, -0.2) is 4.68 Å². The molecule has 0 unspecified atom stereocenters. The Labute approximate surface area is 175 Å². The van der Waals surface area contributed by atoms with E-state index >= 15 is 0 Å². The SMILES string of the molecule is CN(Cc1cn(-c2ccccc2)nc1-c1cccs1)C(=O)CNCC1CC1.Cl. The molecule has 1 saturated carbocycles. The van der Waals surface area contributed by atoms with Crippen molar-refractivity contribution >= 4 is 29.7 Å². The van der Waals surface area contributed by atoms with Crippen molar-refractivity contribution in [2.45, 2.75) is 19.4 Å². The molecule has 0 aliphatic heterocycles. The fourth-order valence-corrected chi connectivity index (χ4v) is 3.79. The summed E-state index contributed by atoms with van der Waals surface area (Å²) in [5.74, 6) is 0.887. The molecule has 7 heteroatoms. The van der Waals surface area contributed by atoms with E-state index in [1.54, 1.807) is 16.2 Å². The van der Waals surface area contributed by atoms with Gasteiger partial charge in [0.2, 0.25) is 5.91 Å². The van der Waals surface area contributed by atoms with Crippen molar-refractivity contribution in [3.8, 4) is 16.3 Å². The minimum absolute atomic E-state index is 0. The molecule has 1 N–H and O–H groups in total. The number of halogens is 1. The highest BCUT2D eigenvalue weighted by atomic mass is 35.5. The Morgan fingerprint density at radius 2 is 2.04 bits per heavy atom. The number of carbonyl (C=O) groups is 1. The maximum absolute atomic E-state index is 12.5. The standard InChI is InChI=1S/C21H24N4OS.ClH/c1-24(20(26)13-22-12-16-9-10-16)14-17-15-25(18-6-3-2-4-7-18)23-21(17)19-8-5-11-27-19;/h2-8,11,15-16,22H,9-10,12-14H2,1H3;1H. The van der Waals surface area contributed by atoms with E-state index < -0.39 is 0 Å². The van der Waals surface area contributed by atoms with E-state index in [1.807, 2.05) is 54.3 Å². The van der Waals surface area contributed by atoms with Crippen LogP contribution in [0.15, 0.2) is 54.0 Å². The zero-order chi connectivity index (χ0) is 18.6. The third-order valence-electron chi connectivity index (χ3n) is 4.80. The normalized spacial score (nSPS) is 13.2. The monoisotopic (exact) mass is 416 g/mol. The van der Waals surface area contributed by atoms with Crippen molar-refractivity contribution in [3.63, 3.8) is 0 Å². The van der Waals surface area contributed by atoms with Gasteiger partial charge in [0.05, 0.1) is 17.1 Å². The highest BCUT2D eigenvalue weighted by molar-refractivity contribution is 7.13. The van der Waals surface area contributed by atoms with Crippen LogP contribution in [0.2, 0.25) is 0 Å². The zero-order valence-corrected chi connectivity index (χ0v) is 17.5. The summed E-state index contributed by atoms with van der Waals surface area (Å²) in [5, 5.41) is 10.1. The first-order valence-electron chi connectivity index (χ1n) is 9.33. The van der Waals surface area contributed by atoms with Gasteiger partial charge in [-0.3, -0.25) is 4.79 Å². The summed E-state index contributed by atoms with van der Waals surface area (Å²) in [7, 11) is 1.86. The first-order chi connectivity index (χ1) is 13.2. The van der Waals surface area contributed by atoms with E-state index in [0.717, 1.165) is 34.3 Å². The van der Waals surface area contributed by atoms with Crippen molar-refractivity contribution in [3.05, 3.63) is 59.6 Å². The highest BCUT2D eigenvalue weighted by Crippen LogP contribution is 2.29. The van der Waals surface area contributed by atoms with Crippen LogP contribution in [-0.2, 0) is 11.3 Å². The first kappa shape index (κ1) is 20.6. The summed E-state index contributed by atoms with van der Waals surface area (Å²) in [4.78, 5) is 15.4. The van der Waals surface area contributed by atoms with Gasteiger partial charge >= 0.3 is 0 Å². The molecule has 2 aromatic heterocycles. The zero-order valence-electron chi connectivity index (χ0n) is 15.9. The molecule has 0 spiro atoms. The summed E-state index contributed by atoms with van der Waals surface area (Å²) in [6, 6.07) is 14.2. The van der Waals surface area contributed by atoms with Crippen LogP contribution in [0.1, 0.15) is 18.4 Å². The molecule has 1 amide bonds. The second-order valence-corrected chi connectivity index (χ2v) is 8.03. The van der Waals surface area contributed by atoms with Gasteiger partial charge in [-0.1, -0.05) is 24.3 Å². The Hall–Kier alpha value is -2.15. The molecular weight excluding hydrogens is 392 g/mol. The van der Waals surface area contributed by atoms with Gasteiger partial charge < -0.3 is 10.2 Å². The van der Waals surface area contributed by atoms with E-state index in [4.69, 9.17) is 5.10 Å². The molecule has 0 saturated heterocycles. The van der Waals surface area contributed by atoms with Crippen LogP contribution in [0, 0.1) is 5.92 Å². The molecule has 1 aliphatic carbocycles. The number of likely N-dealkylation sites (N-methyl/N-ethyl adjacent to an activating group) is 1. The lowest BCUT2D eigenvalue weighted by molar-refractivity contribution is -0.129. The lowest BCUT2D eigenvalue weighted by atomic mass is 10.2. The number of aromatic nitrogens is 2. The fraction of sp³-hybridized carbons (Fsp3) is 0.333. The van der Waals surface area contributed by atoms with Gasteiger partial charge in [-0.2, -0.15) is 5.10 Å². The number of hydrogen-bond donors (Lipinski definition) is 1. The van der Waals surface area contributed by atoms with E-state index in [2.05, 4.69) is 16.8 Å². The number of amides is 1. The predicted molar refractivity (Wildman–Crippen MR) is 116 cm³/mol. The molecule has 148 valence electrons. The van der Waals surface area contributed by atoms with Gasteiger partial charge in [0.1, 0.15) is 5.69 Å². The van der Waals surface area contributed by atoms with Crippen LogP contribution in [0.4, 0.5) is 0 Å². The fourth-order valence-electron chi connectivity index (χ4n) is 3.04. The van der Waals surface area contributed by atoms with Crippen LogP contribution in [0.5, 0.6) is 0 Å². The Balaban J connectivity index is 0.00000225.